The summed E-state index contributed by atoms with van der Waals surface area (Å²) in [5, 5.41) is 8.53. The highest BCUT2D eigenvalue weighted by Gasteiger charge is 2.43. The molecule has 1 atom stereocenters. The highest BCUT2D eigenvalue weighted by Crippen LogP contribution is 2.24. The van der Waals surface area contributed by atoms with E-state index in [0.717, 1.165) is 4.90 Å². The van der Waals surface area contributed by atoms with E-state index in [1.54, 1.807) is 0 Å². The van der Waals surface area contributed by atoms with E-state index in [0.29, 0.717) is 12.1 Å². The number of carboxylic acids is 1. The van der Waals surface area contributed by atoms with Crippen molar-refractivity contribution in [2.45, 2.75) is 12.0 Å². The Hall–Kier alpha value is -1.73. The van der Waals surface area contributed by atoms with Gasteiger partial charge < -0.3 is 15.7 Å². The molecule has 1 aliphatic rings. The van der Waals surface area contributed by atoms with Crippen molar-refractivity contribution in [1.29, 1.82) is 0 Å². The third kappa shape index (κ3) is 2.46. The van der Waals surface area contributed by atoms with Crippen LogP contribution in [0.1, 0.15) is 16.8 Å². The summed E-state index contributed by atoms with van der Waals surface area (Å²) in [7, 11) is 0. The Labute approximate surface area is 117 Å². The molecule has 1 amide bonds. The molecule has 3 N–H and O–H groups in total. The molecule has 0 radical (unpaired) electrons. The Bertz CT molecular complexity index is 596. The second kappa shape index (κ2) is 4.99. The van der Waals surface area contributed by atoms with Crippen LogP contribution in [0.2, 0.25) is 5.02 Å². The molecule has 0 spiro atoms. The summed E-state index contributed by atoms with van der Waals surface area (Å²) in [5.74, 6) is -3.94. The Morgan fingerprint density at radius 1 is 1.35 bits per heavy atom. The largest absolute Gasteiger partial charge is 0.480 e. The van der Waals surface area contributed by atoms with Crippen LogP contribution in [0.5, 0.6) is 0 Å². The predicted octanol–water partition coefficient (Wildman–Crippen LogP) is 1.25. The Morgan fingerprint density at radius 3 is 2.55 bits per heavy atom. The van der Waals surface area contributed by atoms with E-state index >= 15 is 0 Å². The standard InChI is InChI=1S/C12H11ClF2N2O3/c13-7-4-8(14)6(3-9(7)15)10(18)17-2-1-12(16,5-17)11(19)20/h3-4H,1-2,5,16H2,(H,19,20). The molecule has 2 rings (SSSR count). The number of hydrogen-bond donors (Lipinski definition) is 2. The zero-order valence-electron chi connectivity index (χ0n) is 10.2. The zero-order chi connectivity index (χ0) is 15.1. The molecule has 1 aromatic carbocycles. The van der Waals surface area contributed by atoms with Crippen LogP contribution >= 0.6 is 11.6 Å². The summed E-state index contributed by atoms with van der Waals surface area (Å²) >= 11 is 5.40. The lowest BCUT2D eigenvalue weighted by Crippen LogP contribution is -2.50. The topological polar surface area (TPSA) is 83.6 Å². The van der Waals surface area contributed by atoms with Crippen molar-refractivity contribution < 1.29 is 23.5 Å². The first-order chi connectivity index (χ1) is 9.24. The van der Waals surface area contributed by atoms with E-state index in [1.807, 2.05) is 0 Å². The molecule has 5 nitrogen and oxygen atoms in total. The molecule has 1 saturated heterocycles. The van der Waals surface area contributed by atoms with Crippen molar-refractivity contribution >= 4 is 23.5 Å². The number of carboxylic acid groups (broad SMARTS) is 1. The first kappa shape index (κ1) is 14.7. The predicted molar refractivity (Wildman–Crippen MR) is 66.4 cm³/mol. The SMILES string of the molecule is NC1(C(=O)O)CCN(C(=O)c2cc(F)c(Cl)cc2F)C1. The number of likely N-dealkylation sites (tertiary alicyclic amines) is 1. The van der Waals surface area contributed by atoms with E-state index in [4.69, 9.17) is 22.4 Å². The van der Waals surface area contributed by atoms with Crippen molar-refractivity contribution in [2.75, 3.05) is 13.1 Å². The smallest absolute Gasteiger partial charge is 0.325 e. The van der Waals surface area contributed by atoms with Gasteiger partial charge in [-0.15, -0.1) is 0 Å². The van der Waals surface area contributed by atoms with E-state index in [2.05, 4.69) is 0 Å². The second-order valence-electron chi connectivity index (χ2n) is 4.68. The molecule has 0 saturated carbocycles. The number of hydrogen-bond acceptors (Lipinski definition) is 3. The van der Waals surface area contributed by atoms with Gasteiger partial charge in [0.25, 0.3) is 5.91 Å². The third-order valence-electron chi connectivity index (χ3n) is 3.25. The minimum Gasteiger partial charge on any atom is -0.480 e. The van der Waals surface area contributed by atoms with E-state index in [9.17, 15) is 18.4 Å². The lowest BCUT2D eigenvalue weighted by Gasteiger charge is -2.20. The van der Waals surface area contributed by atoms with Crippen LogP contribution < -0.4 is 5.73 Å². The van der Waals surface area contributed by atoms with Crippen molar-refractivity contribution in [3.63, 3.8) is 0 Å². The Balaban J connectivity index is 2.26. The number of carbonyl (C=O) groups is 2. The van der Waals surface area contributed by atoms with Gasteiger partial charge in [0.1, 0.15) is 17.2 Å². The van der Waals surface area contributed by atoms with Crippen LogP contribution in [0.3, 0.4) is 0 Å². The minimum atomic E-state index is -1.56. The van der Waals surface area contributed by atoms with Crippen LogP contribution in [-0.4, -0.2) is 40.5 Å². The van der Waals surface area contributed by atoms with E-state index in [-0.39, 0.29) is 19.5 Å². The fraction of sp³-hybridized carbons (Fsp3) is 0.333. The molecule has 0 bridgehead atoms. The monoisotopic (exact) mass is 304 g/mol. The van der Waals surface area contributed by atoms with Crippen molar-refractivity contribution in [3.05, 3.63) is 34.4 Å². The highest BCUT2D eigenvalue weighted by atomic mass is 35.5. The van der Waals surface area contributed by atoms with Gasteiger partial charge in [0.2, 0.25) is 0 Å². The fourth-order valence-electron chi connectivity index (χ4n) is 2.04. The maximum Gasteiger partial charge on any atom is 0.325 e. The average molecular weight is 305 g/mol. The molecule has 8 heteroatoms. The number of nitrogens with zero attached hydrogens (tertiary/aromatic N) is 1. The van der Waals surface area contributed by atoms with Crippen molar-refractivity contribution in [2.24, 2.45) is 5.73 Å². The maximum absolute atomic E-state index is 13.6. The van der Waals surface area contributed by atoms with Crippen LogP contribution in [-0.2, 0) is 4.79 Å². The Kier molecular flexibility index (Phi) is 3.66. The summed E-state index contributed by atoms with van der Waals surface area (Å²) in [6, 6.07) is 1.39. The molecule has 0 aliphatic carbocycles. The number of halogens is 3. The van der Waals surface area contributed by atoms with Crippen molar-refractivity contribution in [3.8, 4) is 0 Å². The average Bonchev–Trinajstić information content (AvgIpc) is 2.77. The van der Waals surface area contributed by atoms with Crippen LogP contribution in [0.15, 0.2) is 12.1 Å². The highest BCUT2D eigenvalue weighted by molar-refractivity contribution is 6.30. The van der Waals surface area contributed by atoms with Crippen LogP contribution in [0, 0.1) is 11.6 Å². The molecule has 1 heterocycles. The van der Waals surface area contributed by atoms with Gasteiger partial charge in [0, 0.05) is 13.1 Å². The second-order valence-corrected chi connectivity index (χ2v) is 5.09. The number of aliphatic carboxylic acids is 1. The zero-order valence-corrected chi connectivity index (χ0v) is 11.0. The number of rotatable bonds is 2. The summed E-state index contributed by atoms with van der Waals surface area (Å²) in [4.78, 5) is 24.1. The third-order valence-corrected chi connectivity index (χ3v) is 3.54. The minimum absolute atomic E-state index is 0.0474. The number of nitrogens with two attached hydrogens (primary N) is 1. The molecule has 108 valence electrons. The molecular weight excluding hydrogens is 294 g/mol. The number of amides is 1. The maximum atomic E-state index is 13.6. The summed E-state index contributed by atoms with van der Waals surface area (Å²) < 4.78 is 26.9. The molecule has 1 fully saturated rings. The molecular formula is C12H11ClF2N2O3. The van der Waals surface area contributed by atoms with Gasteiger partial charge in [-0.3, -0.25) is 9.59 Å². The first-order valence-electron chi connectivity index (χ1n) is 5.71. The van der Waals surface area contributed by atoms with Crippen molar-refractivity contribution in [1.82, 2.24) is 4.90 Å². The van der Waals surface area contributed by atoms with Gasteiger partial charge in [-0.25, -0.2) is 8.78 Å². The van der Waals surface area contributed by atoms with E-state index in [1.165, 1.54) is 0 Å². The molecule has 1 unspecified atom stereocenters. The summed E-state index contributed by atoms with van der Waals surface area (Å²) in [6.07, 6.45) is 0.0474. The van der Waals surface area contributed by atoms with Crippen LogP contribution in [0.25, 0.3) is 0 Å². The van der Waals surface area contributed by atoms with Gasteiger partial charge >= 0.3 is 5.97 Å². The summed E-state index contributed by atoms with van der Waals surface area (Å²) in [6.45, 7) is -0.198. The molecule has 0 aromatic heterocycles. The van der Waals surface area contributed by atoms with Gasteiger partial charge in [0.15, 0.2) is 0 Å². The quantitative estimate of drug-likeness (QED) is 0.805. The molecule has 1 aliphatic heterocycles. The lowest BCUT2D eigenvalue weighted by molar-refractivity contribution is -0.142. The summed E-state index contributed by atoms with van der Waals surface area (Å²) in [5.41, 5.74) is 3.56. The van der Waals surface area contributed by atoms with Gasteiger partial charge in [-0.05, 0) is 18.6 Å². The normalized spacial score (nSPS) is 22.1. The number of carbonyl (C=O) groups excluding carboxylic acids is 1. The fourth-order valence-corrected chi connectivity index (χ4v) is 2.19. The van der Waals surface area contributed by atoms with Gasteiger partial charge in [-0.1, -0.05) is 11.6 Å². The molecule has 20 heavy (non-hydrogen) atoms. The lowest BCUT2D eigenvalue weighted by atomic mass is 10.0. The van der Waals surface area contributed by atoms with Crippen LogP contribution in [0.4, 0.5) is 8.78 Å². The Morgan fingerprint density at radius 2 is 2.00 bits per heavy atom. The molecule has 1 aromatic rings. The first-order valence-corrected chi connectivity index (χ1v) is 6.08. The van der Waals surface area contributed by atoms with E-state index < -0.39 is 39.6 Å². The van der Waals surface area contributed by atoms with Gasteiger partial charge in [-0.2, -0.15) is 0 Å². The van der Waals surface area contributed by atoms with Gasteiger partial charge in [0.05, 0.1) is 10.6 Å². The number of benzene rings is 1.